The van der Waals surface area contributed by atoms with Gasteiger partial charge in [-0.2, -0.15) is 0 Å². The molecule has 3 atom stereocenters. The summed E-state index contributed by atoms with van der Waals surface area (Å²) < 4.78 is 39.4. The van der Waals surface area contributed by atoms with Gasteiger partial charge in [0.15, 0.2) is 21.3 Å². The summed E-state index contributed by atoms with van der Waals surface area (Å²) in [6, 6.07) is 5.05. The number of hydrogen-bond acceptors (Lipinski definition) is 7. The summed E-state index contributed by atoms with van der Waals surface area (Å²) >= 11 is 0. The topological polar surface area (TPSA) is 105 Å². The van der Waals surface area contributed by atoms with Crippen molar-refractivity contribution in [2.24, 2.45) is 5.73 Å². The van der Waals surface area contributed by atoms with Gasteiger partial charge in [0.1, 0.15) is 5.54 Å². The number of carbonyl (C=O) groups is 1. The van der Waals surface area contributed by atoms with Gasteiger partial charge in [0.05, 0.1) is 11.9 Å². The van der Waals surface area contributed by atoms with Gasteiger partial charge in [-0.1, -0.05) is 6.07 Å². The van der Waals surface area contributed by atoms with Crippen molar-refractivity contribution in [1.29, 1.82) is 0 Å². The number of sulfone groups is 1. The normalized spacial score (nSPS) is 29.2. The number of nitrogens with two attached hydrogens (primary N) is 1. The molecule has 0 spiro atoms. The maximum Gasteiger partial charge on any atom is 0.328 e. The van der Waals surface area contributed by atoms with Crippen LogP contribution in [0.4, 0.5) is 0 Å². The minimum Gasteiger partial charge on any atom is -0.465 e. The van der Waals surface area contributed by atoms with E-state index in [1.807, 2.05) is 0 Å². The molecular weight excluding hydrogens is 310 g/mol. The Labute approximate surface area is 128 Å². The second-order valence-corrected chi connectivity index (χ2v) is 7.66. The maximum absolute atomic E-state index is 12.1. The van der Waals surface area contributed by atoms with E-state index in [9.17, 15) is 13.2 Å². The molecule has 7 nitrogen and oxygen atoms in total. The van der Waals surface area contributed by atoms with Crippen LogP contribution in [-0.4, -0.2) is 44.8 Å². The van der Waals surface area contributed by atoms with Crippen molar-refractivity contribution in [3.8, 4) is 11.5 Å². The average molecular weight is 327 g/mol. The summed E-state index contributed by atoms with van der Waals surface area (Å²) in [5.74, 6) is -0.258. The highest BCUT2D eigenvalue weighted by Crippen LogP contribution is 2.55. The molecule has 0 unspecified atom stereocenters. The molecule has 0 saturated heterocycles. The number of carbonyl (C=O) groups excluding carboxylic acids is 1. The number of fused-ring (bicyclic) bond motifs is 1. The monoisotopic (exact) mass is 327 g/mol. The number of benzene rings is 1. The summed E-state index contributed by atoms with van der Waals surface area (Å²) in [7, 11) is -3.51. The van der Waals surface area contributed by atoms with Crippen molar-refractivity contribution >= 4 is 15.8 Å². The highest BCUT2D eigenvalue weighted by Gasteiger charge is 2.73. The SMILES string of the molecule is CCOC(=O)[C@]1(N)[C@H](c2ccc3c(c2)OCO3)[C@@H]1S(C)(=O)=O. The molecule has 8 heteroatoms. The molecule has 1 aliphatic carbocycles. The number of rotatable bonds is 4. The predicted molar refractivity (Wildman–Crippen MR) is 77.5 cm³/mol. The van der Waals surface area contributed by atoms with Gasteiger partial charge in [-0.3, -0.25) is 0 Å². The average Bonchev–Trinajstić information content (AvgIpc) is 2.87. The lowest BCUT2D eigenvalue weighted by Gasteiger charge is -2.10. The molecule has 2 aliphatic rings. The van der Waals surface area contributed by atoms with E-state index in [1.54, 1.807) is 25.1 Å². The summed E-state index contributed by atoms with van der Waals surface area (Å²) in [6.45, 7) is 1.90. The lowest BCUT2D eigenvalue weighted by Crippen LogP contribution is -2.41. The Morgan fingerprint density at radius 1 is 1.41 bits per heavy atom. The molecule has 120 valence electrons. The predicted octanol–water partition coefficient (Wildman–Crippen LogP) is 0.186. The van der Waals surface area contributed by atoms with Crippen molar-refractivity contribution in [3.63, 3.8) is 0 Å². The Kier molecular flexibility index (Phi) is 3.33. The van der Waals surface area contributed by atoms with Crippen LogP contribution in [0.25, 0.3) is 0 Å². The molecule has 22 heavy (non-hydrogen) atoms. The molecule has 1 aliphatic heterocycles. The van der Waals surface area contributed by atoms with Crippen LogP contribution in [-0.2, 0) is 19.4 Å². The molecule has 0 bridgehead atoms. The minimum atomic E-state index is -3.51. The van der Waals surface area contributed by atoms with Crippen molar-refractivity contribution in [1.82, 2.24) is 0 Å². The Bertz CT molecular complexity index is 731. The van der Waals surface area contributed by atoms with E-state index in [2.05, 4.69) is 0 Å². The molecule has 1 aromatic rings. The number of hydrogen-bond donors (Lipinski definition) is 1. The molecule has 2 N–H and O–H groups in total. The zero-order valence-electron chi connectivity index (χ0n) is 12.2. The van der Waals surface area contributed by atoms with Gasteiger partial charge >= 0.3 is 5.97 Å². The molecule has 0 amide bonds. The smallest absolute Gasteiger partial charge is 0.328 e. The van der Waals surface area contributed by atoms with E-state index in [0.717, 1.165) is 6.26 Å². The first kappa shape index (κ1) is 15.1. The zero-order valence-corrected chi connectivity index (χ0v) is 13.1. The third-order valence-electron chi connectivity index (χ3n) is 4.03. The van der Waals surface area contributed by atoms with E-state index in [-0.39, 0.29) is 13.4 Å². The maximum atomic E-state index is 12.1. The van der Waals surface area contributed by atoms with Gasteiger partial charge in [-0.15, -0.1) is 0 Å². The fourth-order valence-corrected chi connectivity index (χ4v) is 4.78. The van der Waals surface area contributed by atoms with Gasteiger partial charge in [-0.05, 0) is 24.6 Å². The fourth-order valence-electron chi connectivity index (χ4n) is 3.03. The molecule has 0 radical (unpaired) electrons. The standard InChI is InChI=1S/C14H17NO6S/c1-3-19-13(16)14(15)11(12(14)22(2,17)18)8-4-5-9-10(6-8)21-7-20-9/h4-6,11-12H,3,7,15H2,1-2H3/t11-,12+,14+/m1/s1. The molecule has 1 fully saturated rings. The quantitative estimate of drug-likeness (QED) is 0.787. The lowest BCUT2D eigenvalue weighted by atomic mass is 10.1. The number of esters is 1. The van der Waals surface area contributed by atoms with Crippen LogP contribution in [0.15, 0.2) is 18.2 Å². The summed E-state index contributed by atoms with van der Waals surface area (Å²) in [6.07, 6.45) is 1.07. The largest absolute Gasteiger partial charge is 0.465 e. The van der Waals surface area contributed by atoms with E-state index >= 15 is 0 Å². The Hall–Kier alpha value is -1.80. The van der Waals surface area contributed by atoms with Crippen LogP contribution in [0.3, 0.4) is 0 Å². The van der Waals surface area contributed by atoms with E-state index in [4.69, 9.17) is 19.9 Å². The summed E-state index contributed by atoms with van der Waals surface area (Å²) in [5, 5.41) is -1.00. The van der Waals surface area contributed by atoms with Gasteiger partial charge in [0, 0.05) is 12.2 Å². The van der Waals surface area contributed by atoms with Crippen LogP contribution in [0.5, 0.6) is 11.5 Å². The van der Waals surface area contributed by atoms with E-state index < -0.39 is 32.5 Å². The Morgan fingerprint density at radius 2 is 2.09 bits per heavy atom. The van der Waals surface area contributed by atoms with E-state index in [0.29, 0.717) is 17.1 Å². The van der Waals surface area contributed by atoms with Crippen LogP contribution in [0, 0.1) is 0 Å². The third kappa shape index (κ3) is 2.14. The van der Waals surface area contributed by atoms with Crippen LogP contribution in [0.1, 0.15) is 18.4 Å². The molecule has 1 saturated carbocycles. The summed E-state index contributed by atoms with van der Waals surface area (Å²) in [5.41, 5.74) is 5.16. The van der Waals surface area contributed by atoms with Crippen molar-refractivity contribution < 1.29 is 27.4 Å². The van der Waals surface area contributed by atoms with Crippen LogP contribution in [0.2, 0.25) is 0 Å². The molecule has 0 aromatic heterocycles. The first-order valence-electron chi connectivity index (χ1n) is 6.84. The molecule has 1 aromatic carbocycles. The zero-order chi connectivity index (χ0) is 16.1. The Balaban J connectivity index is 1.99. The lowest BCUT2D eigenvalue weighted by molar-refractivity contribution is -0.145. The van der Waals surface area contributed by atoms with Crippen LogP contribution < -0.4 is 15.2 Å². The second-order valence-electron chi connectivity index (χ2n) is 5.49. The van der Waals surface area contributed by atoms with E-state index in [1.165, 1.54) is 0 Å². The molecular formula is C14H17NO6S. The van der Waals surface area contributed by atoms with Crippen molar-refractivity contribution in [2.45, 2.75) is 23.6 Å². The fraction of sp³-hybridized carbons (Fsp3) is 0.500. The van der Waals surface area contributed by atoms with Gasteiger partial charge < -0.3 is 19.9 Å². The summed E-state index contributed by atoms with van der Waals surface area (Å²) in [4.78, 5) is 12.1. The van der Waals surface area contributed by atoms with Gasteiger partial charge in [-0.25, -0.2) is 13.2 Å². The molecule has 1 heterocycles. The third-order valence-corrected chi connectivity index (χ3v) is 5.61. The minimum absolute atomic E-state index is 0.116. The highest BCUT2D eigenvalue weighted by atomic mass is 32.2. The second kappa shape index (κ2) is 4.85. The first-order chi connectivity index (χ1) is 10.3. The van der Waals surface area contributed by atoms with Gasteiger partial charge in [0.2, 0.25) is 6.79 Å². The van der Waals surface area contributed by atoms with Crippen LogP contribution >= 0.6 is 0 Å². The van der Waals surface area contributed by atoms with Gasteiger partial charge in [0.25, 0.3) is 0 Å². The molecule has 3 rings (SSSR count). The van der Waals surface area contributed by atoms with Crippen molar-refractivity contribution in [3.05, 3.63) is 23.8 Å². The highest BCUT2D eigenvalue weighted by molar-refractivity contribution is 7.91. The first-order valence-corrected chi connectivity index (χ1v) is 8.80. The van der Waals surface area contributed by atoms with Crippen molar-refractivity contribution in [2.75, 3.05) is 19.7 Å². The number of ether oxygens (including phenoxy) is 3. The Morgan fingerprint density at radius 3 is 2.73 bits per heavy atom.